The first-order valence-electron chi connectivity index (χ1n) is 6.82. The van der Waals surface area contributed by atoms with E-state index in [1.54, 1.807) is 0 Å². The second-order valence-corrected chi connectivity index (χ2v) is 7.69. The van der Waals surface area contributed by atoms with E-state index >= 15 is 0 Å². The molecule has 2 rings (SSSR count). The number of hydrogen-bond acceptors (Lipinski definition) is 5. The zero-order valence-corrected chi connectivity index (χ0v) is 13.2. The molecule has 0 radical (unpaired) electrons. The third-order valence-corrected chi connectivity index (χ3v) is 5.24. The van der Waals surface area contributed by atoms with E-state index in [-0.39, 0.29) is 11.5 Å². The van der Waals surface area contributed by atoms with Gasteiger partial charge in [-0.15, -0.1) is 0 Å². The normalized spacial score (nSPS) is 18.9. The molecule has 20 heavy (non-hydrogen) atoms. The van der Waals surface area contributed by atoms with Crippen molar-refractivity contribution in [2.45, 2.75) is 19.9 Å². The minimum absolute atomic E-state index is 0.221. The number of pyridine rings is 1. The lowest BCUT2D eigenvalue weighted by Gasteiger charge is -2.26. The highest BCUT2D eigenvalue weighted by atomic mass is 35.5. The Kier molecular flexibility index (Phi) is 5.23. The lowest BCUT2D eigenvalue weighted by Crippen LogP contribution is -2.39. The Labute approximate surface area is 125 Å². The van der Waals surface area contributed by atoms with E-state index in [1.165, 1.54) is 0 Å². The van der Waals surface area contributed by atoms with Gasteiger partial charge in [0.15, 0.2) is 9.84 Å². The van der Waals surface area contributed by atoms with Crippen molar-refractivity contribution in [2.75, 3.05) is 36.5 Å². The van der Waals surface area contributed by atoms with Crippen LogP contribution >= 0.6 is 11.6 Å². The molecule has 1 aliphatic rings. The monoisotopic (exact) mass is 317 g/mol. The molecule has 7 heteroatoms. The van der Waals surface area contributed by atoms with E-state index < -0.39 is 9.84 Å². The van der Waals surface area contributed by atoms with Gasteiger partial charge in [-0.25, -0.2) is 13.4 Å². The van der Waals surface area contributed by atoms with Crippen molar-refractivity contribution in [1.29, 1.82) is 0 Å². The maximum Gasteiger partial charge on any atom is 0.152 e. The topological polar surface area (TPSA) is 62.3 Å². The summed E-state index contributed by atoms with van der Waals surface area (Å²) in [6, 6.07) is 3.70. The van der Waals surface area contributed by atoms with Crippen molar-refractivity contribution in [1.82, 2.24) is 9.88 Å². The summed E-state index contributed by atoms with van der Waals surface area (Å²) in [5, 5.41) is 3.85. The van der Waals surface area contributed by atoms with Crippen molar-refractivity contribution in [3.8, 4) is 0 Å². The molecular formula is C13H20ClN3O2S. The molecule has 0 saturated carbocycles. The number of halogens is 1. The van der Waals surface area contributed by atoms with Gasteiger partial charge in [-0.3, -0.25) is 4.90 Å². The summed E-state index contributed by atoms with van der Waals surface area (Å²) in [5.41, 5.74) is 0.798. The van der Waals surface area contributed by atoms with Gasteiger partial charge in [-0.2, -0.15) is 0 Å². The quantitative estimate of drug-likeness (QED) is 0.897. The number of nitrogens with one attached hydrogen (secondary N) is 1. The van der Waals surface area contributed by atoms with Crippen LogP contribution in [0.2, 0.25) is 5.02 Å². The summed E-state index contributed by atoms with van der Waals surface area (Å²) in [4.78, 5) is 6.59. The fourth-order valence-electron chi connectivity index (χ4n) is 2.07. The first-order chi connectivity index (χ1) is 9.50. The Bertz CT molecular complexity index is 549. The van der Waals surface area contributed by atoms with Crippen molar-refractivity contribution in [3.05, 3.63) is 22.8 Å². The van der Waals surface area contributed by atoms with Crippen LogP contribution in [0, 0.1) is 0 Å². The molecule has 0 unspecified atom stereocenters. The maximum absolute atomic E-state index is 11.4. The second-order valence-electron chi connectivity index (χ2n) is 4.98. The summed E-state index contributed by atoms with van der Waals surface area (Å²) >= 11 is 6.17. The molecule has 1 aromatic heterocycles. The van der Waals surface area contributed by atoms with Gasteiger partial charge in [-0.1, -0.05) is 18.5 Å². The molecule has 0 amide bonds. The molecule has 0 atom stereocenters. The van der Waals surface area contributed by atoms with Crippen LogP contribution in [0.4, 0.5) is 5.82 Å². The number of anilines is 1. The predicted molar refractivity (Wildman–Crippen MR) is 82.0 cm³/mol. The third-order valence-electron chi connectivity index (χ3n) is 3.29. The average Bonchev–Trinajstić information content (AvgIpc) is 2.42. The Morgan fingerprint density at radius 2 is 2.05 bits per heavy atom. The molecule has 5 nitrogen and oxygen atoms in total. The second kappa shape index (κ2) is 6.74. The average molecular weight is 318 g/mol. The fraction of sp³-hybridized carbons (Fsp3) is 0.615. The zero-order valence-electron chi connectivity index (χ0n) is 11.6. The van der Waals surface area contributed by atoms with Crippen LogP contribution in [-0.4, -0.2) is 49.4 Å². The highest BCUT2D eigenvalue weighted by Crippen LogP contribution is 2.19. The molecule has 2 heterocycles. The van der Waals surface area contributed by atoms with Crippen LogP contribution in [0.1, 0.15) is 19.0 Å². The van der Waals surface area contributed by atoms with Gasteiger partial charge >= 0.3 is 0 Å². The molecule has 1 saturated heterocycles. The summed E-state index contributed by atoms with van der Waals surface area (Å²) in [6.07, 6.45) is 1.03. The van der Waals surface area contributed by atoms with E-state index in [1.807, 2.05) is 12.1 Å². The molecule has 0 spiro atoms. The largest absolute Gasteiger partial charge is 0.370 e. The van der Waals surface area contributed by atoms with Crippen molar-refractivity contribution < 1.29 is 8.42 Å². The van der Waals surface area contributed by atoms with Crippen LogP contribution in [0.25, 0.3) is 0 Å². The molecule has 112 valence electrons. The van der Waals surface area contributed by atoms with E-state index in [4.69, 9.17) is 11.6 Å². The minimum Gasteiger partial charge on any atom is -0.370 e. The van der Waals surface area contributed by atoms with Crippen molar-refractivity contribution >= 4 is 27.3 Å². The molecule has 0 aromatic carbocycles. The SMILES string of the molecule is CCCNc1ccc(Cl)c(CN2CCS(=O)(=O)CC2)n1. The minimum atomic E-state index is -2.85. The number of hydrogen-bond donors (Lipinski definition) is 1. The highest BCUT2D eigenvalue weighted by molar-refractivity contribution is 7.91. The third kappa shape index (κ3) is 4.33. The molecular weight excluding hydrogens is 298 g/mol. The number of nitrogens with zero attached hydrogens (tertiary/aromatic N) is 2. The molecule has 1 aromatic rings. The first kappa shape index (κ1) is 15.5. The standard InChI is InChI=1S/C13H20ClN3O2S/c1-2-5-15-13-4-3-11(14)12(16-13)10-17-6-8-20(18,19)9-7-17/h3-4H,2,5-10H2,1H3,(H,15,16). The van der Waals surface area contributed by atoms with Crippen molar-refractivity contribution in [3.63, 3.8) is 0 Å². The smallest absolute Gasteiger partial charge is 0.152 e. The van der Waals surface area contributed by atoms with Gasteiger partial charge in [0.05, 0.1) is 22.2 Å². The Balaban J connectivity index is 2.01. The lowest BCUT2D eigenvalue weighted by atomic mass is 10.3. The van der Waals surface area contributed by atoms with E-state index in [0.717, 1.165) is 24.5 Å². The van der Waals surface area contributed by atoms with Crippen LogP contribution in [-0.2, 0) is 16.4 Å². The molecule has 1 fully saturated rings. The van der Waals surface area contributed by atoms with Gasteiger partial charge in [0, 0.05) is 26.2 Å². The summed E-state index contributed by atoms with van der Waals surface area (Å²) < 4.78 is 22.8. The zero-order chi connectivity index (χ0) is 14.6. The van der Waals surface area contributed by atoms with Crippen LogP contribution in [0.15, 0.2) is 12.1 Å². The number of sulfone groups is 1. The Hall–Kier alpha value is -0.850. The fourth-order valence-corrected chi connectivity index (χ4v) is 3.51. The number of rotatable bonds is 5. The van der Waals surface area contributed by atoms with Gasteiger partial charge in [0.2, 0.25) is 0 Å². The Morgan fingerprint density at radius 3 is 2.70 bits per heavy atom. The van der Waals surface area contributed by atoms with Gasteiger partial charge in [-0.05, 0) is 18.6 Å². The molecule has 1 N–H and O–H groups in total. The van der Waals surface area contributed by atoms with E-state index in [2.05, 4.69) is 22.1 Å². The Morgan fingerprint density at radius 1 is 1.35 bits per heavy atom. The summed E-state index contributed by atoms with van der Waals surface area (Å²) in [5.74, 6) is 1.26. The van der Waals surface area contributed by atoms with Gasteiger partial charge in [0.25, 0.3) is 0 Å². The van der Waals surface area contributed by atoms with Crippen LogP contribution in [0.5, 0.6) is 0 Å². The summed E-state index contributed by atoms with van der Waals surface area (Å²) in [6.45, 7) is 4.66. The van der Waals surface area contributed by atoms with E-state index in [9.17, 15) is 8.42 Å². The maximum atomic E-state index is 11.4. The van der Waals surface area contributed by atoms with Gasteiger partial charge < -0.3 is 5.32 Å². The summed E-state index contributed by atoms with van der Waals surface area (Å²) in [7, 11) is -2.85. The van der Waals surface area contributed by atoms with Gasteiger partial charge in [0.1, 0.15) is 5.82 Å². The highest BCUT2D eigenvalue weighted by Gasteiger charge is 2.22. The van der Waals surface area contributed by atoms with Crippen molar-refractivity contribution in [2.24, 2.45) is 0 Å². The molecule has 0 bridgehead atoms. The molecule has 0 aliphatic carbocycles. The van der Waals surface area contributed by atoms with Crippen LogP contribution in [0.3, 0.4) is 0 Å². The van der Waals surface area contributed by atoms with Crippen LogP contribution < -0.4 is 5.32 Å². The van der Waals surface area contributed by atoms with E-state index in [0.29, 0.717) is 24.7 Å². The number of aromatic nitrogens is 1. The molecule has 1 aliphatic heterocycles. The predicted octanol–water partition coefficient (Wildman–Crippen LogP) is 1.79. The first-order valence-corrected chi connectivity index (χ1v) is 9.02. The lowest BCUT2D eigenvalue weighted by molar-refractivity contribution is 0.284.